The molecule has 0 radical (unpaired) electrons. The van der Waals surface area contributed by atoms with E-state index < -0.39 is 11.4 Å². The molecule has 0 N–H and O–H groups in total. The van der Waals surface area contributed by atoms with E-state index in [1.807, 2.05) is 54.2 Å². The van der Waals surface area contributed by atoms with Crippen LogP contribution in [0.1, 0.15) is 12.0 Å². The van der Waals surface area contributed by atoms with E-state index in [2.05, 4.69) is 0 Å². The summed E-state index contributed by atoms with van der Waals surface area (Å²) >= 11 is 0. The number of fused-ring (bicyclic) bond motifs is 1. The van der Waals surface area contributed by atoms with Crippen LogP contribution in [-0.4, -0.2) is 17.6 Å². The Bertz CT molecular complexity index is 764. The Balaban J connectivity index is 2.52. The minimum absolute atomic E-state index is 0.158. The Morgan fingerprint density at radius 2 is 2.10 bits per heavy atom. The van der Waals surface area contributed by atoms with Gasteiger partial charge in [0.1, 0.15) is 0 Å². The number of benzene rings is 1. The summed E-state index contributed by atoms with van der Waals surface area (Å²) in [7, 11) is 3.14. The fraction of sp³-hybridized carbons (Fsp3) is 0.312. The van der Waals surface area contributed by atoms with Crippen molar-refractivity contribution in [3.05, 3.63) is 36.0 Å². The predicted molar refractivity (Wildman–Crippen MR) is 76.9 cm³/mol. The summed E-state index contributed by atoms with van der Waals surface area (Å²) in [5.74, 6) is -0.667. The molecule has 1 unspecified atom stereocenters. The van der Waals surface area contributed by atoms with Gasteiger partial charge in [-0.2, -0.15) is 10.5 Å². The molecule has 0 fully saturated rings. The molecule has 0 saturated heterocycles. The van der Waals surface area contributed by atoms with Gasteiger partial charge < -0.3 is 9.30 Å². The molecular weight excluding hydrogens is 266 g/mol. The van der Waals surface area contributed by atoms with Crippen molar-refractivity contribution in [2.75, 3.05) is 7.11 Å². The van der Waals surface area contributed by atoms with Gasteiger partial charge in [-0.1, -0.05) is 18.2 Å². The second-order valence-electron chi connectivity index (χ2n) is 4.98. The van der Waals surface area contributed by atoms with Crippen molar-refractivity contribution in [3.8, 4) is 12.1 Å². The highest BCUT2D eigenvalue weighted by molar-refractivity contribution is 5.86. The third-order valence-electron chi connectivity index (χ3n) is 3.64. The van der Waals surface area contributed by atoms with Crippen LogP contribution < -0.4 is 0 Å². The Kier molecular flexibility index (Phi) is 3.95. The standard InChI is InChI=1S/C16H15N3O2/c1-19-10-12(13-5-3-4-6-14(13)19)9-16(11-18,7-8-17)15(20)21-2/h3-6,10H,7,9H2,1-2H3. The van der Waals surface area contributed by atoms with Gasteiger partial charge in [-0.3, -0.25) is 4.79 Å². The average Bonchev–Trinajstić information content (AvgIpc) is 2.82. The summed E-state index contributed by atoms with van der Waals surface area (Å²) in [6, 6.07) is 11.6. The van der Waals surface area contributed by atoms with Crippen LogP contribution in [0.15, 0.2) is 30.5 Å². The number of hydrogen-bond acceptors (Lipinski definition) is 4. The molecule has 5 nitrogen and oxygen atoms in total. The second kappa shape index (κ2) is 5.68. The van der Waals surface area contributed by atoms with Gasteiger partial charge >= 0.3 is 5.97 Å². The van der Waals surface area contributed by atoms with Crippen molar-refractivity contribution in [3.63, 3.8) is 0 Å². The van der Waals surface area contributed by atoms with E-state index in [1.165, 1.54) is 7.11 Å². The summed E-state index contributed by atoms with van der Waals surface area (Å²) in [4.78, 5) is 12.0. The molecule has 106 valence electrons. The number of hydrogen-bond donors (Lipinski definition) is 0. The highest BCUT2D eigenvalue weighted by Gasteiger charge is 2.41. The number of ether oxygens (including phenoxy) is 1. The van der Waals surface area contributed by atoms with Crippen LogP contribution >= 0.6 is 0 Å². The Morgan fingerprint density at radius 3 is 2.71 bits per heavy atom. The lowest BCUT2D eigenvalue weighted by Crippen LogP contribution is -2.33. The highest BCUT2D eigenvalue weighted by atomic mass is 16.5. The first-order chi connectivity index (χ1) is 10.1. The van der Waals surface area contributed by atoms with Gasteiger partial charge in [-0.25, -0.2) is 0 Å². The van der Waals surface area contributed by atoms with Gasteiger partial charge in [0, 0.05) is 30.6 Å². The fourth-order valence-electron chi connectivity index (χ4n) is 2.55. The average molecular weight is 281 g/mol. The first kappa shape index (κ1) is 14.6. The van der Waals surface area contributed by atoms with Gasteiger partial charge in [-0.05, 0) is 11.6 Å². The van der Waals surface area contributed by atoms with Crippen molar-refractivity contribution in [1.82, 2.24) is 4.57 Å². The van der Waals surface area contributed by atoms with Gasteiger partial charge in [0.2, 0.25) is 0 Å². The van der Waals surface area contributed by atoms with Gasteiger partial charge in [0.05, 0.1) is 25.7 Å². The second-order valence-corrected chi connectivity index (χ2v) is 4.98. The van der Waals surface area contributed by atoms with Crippen LogP contribution in [0.4, 0.5) is 0 Å². The number of methoxy groups -OCH3 is 1. The summed E-state index contributed by atoms with van der Waals surface area (Å²) in [5.41, 5.74) is 0.407. The maximum atomic E-state index is 12.0. The van der Waals surface area contributed by atoms with E-state index in [4.69, 9.17) is 10.00 Å². The molecule has 0 saturated carbocycles. The Hall–Kier alpha value is -2.79. The predicted octanol–water partition coefficient (Wildman–Crippen LogP) is 2.32. The number of aryl methyl sites for hydroxylation is 1. The molecule has 1 aromatic carbocycles. The molecule has 2 rings (SSSR count). The lowest BCUT2D eigenvalue weighted by Gasteiger charge is -2.20. The Labute approximate surface area is 123 Å². The Morgan fingerprint density at radius 1 is 1.38 bits per heavy atom. The normalized spacial score (nSPS) is 13.1. The number of nitrogens with zero attached hydrogens (tertiary/aromatic N) is 3. The summed E-state index contributed by atoms with van der Waals surface area (Å²) in [5, 5.41) is 19.4. The molecular formula is C16H15N3O2. The van der Waals surface area contributed by atoms with E-state index in [9.17, 15) is 10.1 Å². The van der Waals surface area contributed by atoms with Crippen molar-refractivity contribution >= 4 is 16.9 Å². The molecule has 1 aromatic heterocycles. The van der Waals surface area contributed by atoms with E-state index in [-0.39, 0.29) is 12.8 Å². The quantitative estimate of drug-likeness (QED) is 0.805. The zero-order valence-electron chi connectivity index (χ0n) is 12.0. The van der Waals surface area contributed by atoms with E-state index in [1.54, 1.807) is 0 Å². The van der Waals surface area contributed by atoms with Gasteiger partial charge in [0.15, 0.2) is 5.41 Å². The van der Waals surface area contributed by atoms with E-state index >= 15 is 0 Å². The maximum Gasteiger partial charge on any atom is 0.327 e. The number of para-hydroxylation sites is 1. The van der Waals surface area contributed by atoms with Crippen LogP contribution in [0.5, 0.6) is 0 Å². The molecule has 1 heterocycles. The number of rotatable bonds is 4. The molecule has 1 atom stereocenters. The molecule has 0 spiro atoms. The first-order valence-electron chi connectivity index (χ1n) is 6.47. The maximum absolute atomic E-state index is 12.0. The monoisotopic (exact) mass is 281 g/mol. The molecule has 0 bridgehead atoms. The lowest BCUT2D eigenvalue weighted by atomic mass is 9.80. The minimum Gasteiger partial charge on any atom is -0.468 e. The van der Waals surface area contributed by atoms with Crippen LogP contribution in [-0.2, 0) is 23.0 Å². The highest BCUT2D eigenvalue weighted by Crippen LogP contribution is 2.32. The van der Waals surface area contributed by atoms with Crippen LogP contribution in [0, 0.1) is 28.1 Å². The van der Waals surface area contributed by atoms with Crippen LogP contribution in [0.3, 0.4) is 0 Å². The van der Waals surface area contributed by atoms with Crippen molar-refractivity contribution < 1.29 is 9.53 Å². The van der Waals surface area contributed by atoms with Crippen molar-refractivity contribution in [2.45, 2.75) is 12.8 Å². The van der Waals surface area contributed by atoms with Crippen LogP contribution in [0.25, 0.3) is 10.9 Å². The van der Waals surface area contributed by atoms with E-state index in [0.29, 0.717) is 0 Å². The number of esters is 1. The van der Waals surface area contributed by atoms with Crippen LogP contribution in [0.2, 0.25) is 0 Å². The molecule has 5 heteroatoms. The minimum atomic E-state index is -1.46. The third kappa shape index (κ3) is 2.46. The fourth-order valence-corrected chi connectivity index (χ4v) is 2.55. The number of aromatic nitrogens is 1. The number of nitriles is 2. The summed E-state index contributed by atoms with van der Waals surface area (Å²) in [6.45, 7) is 0. The lowest BCUT2D eigenvalue weighted by molar-refractivity contribution is -0.149. The summed E-state index contributed by atoms with van der Waals surface area (Å²) < 4.78 is 6.67. The SMILES string of the molecule is COC(=O)C(C#N)(CC#N)Cc1cn(C)c2ccccc12. The molecule has 0 aliphatic rings. The molecule has 0 aliphatic heterocycles. The molecule has 0 aliphatic carbocycles. The molecule has 21 heavy (non-hydrogen) atoms. The zero-order chi connectivity index (χ0) is 15.5. The molecule has 0 amide bonds. The smallest absolute Gasteiger partial charge is 0.327 e. The van der Waals surface area contributed by atoms with E-state index in [0.717, 1.165) is 16.5 Å². The molecule has 2 aromatic rings. The zero-order valence-corrected chi connectivity index (χ0v) is 12.0. The number of carbonyl (C=O) groups excluding carboxylic acids is 1. The number of carbonyl (C=O) groups is 1. The topological polar surface area (TPSA) is 78.8 Å². The van der Waals surface area contributed by atoms with Crippen molar-refractivity contribution in [1.29, 1.82) is 10.5 Å². The largest absolute Gasteiger partial charge is 0.468 e. The third-order valence-corrected chi connectivity index (χ3v) is 3.64. The summed E-state index contributed by atoms with van der Waals surface area (Å²) in [6.07, 6.45) is 1.85. The first-order valence-corrected chi connectivity index (χ1v) is 6.47. The van der Waals surface area contributed by atoms with Crippen molar-refractivity contribution in [2.24, 2.45) is 12.5 Å². The van der Waals surface area contributed by atoms with Gasteiger partial charge in [-0.15, -0.1) is 0 Å². The van der Waals surface area contributed by atoms with Gasteiger partial charge in [0.25, 0.3) is 0 Å².